The molecule has 0 saturated heterocycles. The summed E-state index contributed by atoms with van der Waals surface area (Å²) in [5, 5.41) is 19.5. The molecule has 3 N–H and O–H groups in total. The zero-order valence-electron chi connectivity index (χ0n) is 24.2. The molecule has 27 heteroatoms. The Kier molecular flexibility index (Phi) is 31.8. The zero-order chi connectivity index (χ0) is 36.1. The molecule has 0 aliphatic carbocycles. The van der Waals surface area contributed by atoms with Gasteiger partial charge in [-0.1, -0.05) is 58.5 Å². The SMILES string of the molecule is Clc1cc(Cl)nc(Cl)n1.II.I[I-]I.Oc1cccc2[nH]c(C(F)F)nc12.Oc1cccc2c1nc(C(F)F)n2-c1nc(Cl)cc(Cl)n1.[V].[Y].[Y]. The summed E-state index contributed by atoms with van der Waals surface area (Å²) in [6.45, 7) is 0. The number of fused-ring (bicyclic) bond motifs is 2. The third kappa shape index (κ3) is 18.1. The van der Waals surface area contributed by atoms with Crippen molar-refractivity contribution in [1.82, 2.24) is 39.5 Å². The zero-order valence-corrected chi connectivity index (χ0v) is 45.8. The Hall–Kier alpha value is 2.75. The van der Waals surface area contributed by atoms with Gasteiger partial charge in [0.25, 0.3) is 12.9 Å². The van der Waals surface area contributed by atoms with Crippen LogP contribution in [0.4, 0.5) is 17.6 Å². The van der Waals surface area contributed by atoms with Gasteiger partial charge in [0.1, 0.15) is 43.1 Å². The second-order valence-corrected chi connectivity index (χ2v) is 26.1. The van der Waals surface area contributed by atoms with E-state index in [0.717, 1.165) is 4.57 Å². The van der Waals surface area contributed by atoms with Gasteiger partial charge in [-0.25, -0.2) is 47.5 Å². The van der Waals surface area contributed by atoms with Gasteiger partial charge in [0.2, 0.25) is 11.2 Å². The number of hydrogen-bond donors (Lipinski definition) is 3. The minimum absolute atomic E-state index is 0. The second kappa shape index (κ2) is 29.0. The van der Waals surface area contributed by atoms with Gasteiger partial charge < -0.3 is 15.2 Å². The standard InChI is InChI=1S/C12H6Cl2F2N4O.C8H6F2N2O.C4HCl3N2.I3.I2.V.2Y/c13-7-4-8(14)18-12(17-7)20-5-2-1-3-6(21)9(5)19-11(20)10(15)16;9-7(10)8-11-4-2-1-3-5(13)6(4)12-8;5-2-1-3(6)9-4(7)8-2;1-3-2;1-2;;;/h1-4,10,21H;1-3,7,13H,(H,11,12);1H;;;;;/q;;;-1;;;;. The summed E-state index contributed by atoms with van der Waals surface area (Å²) < 4.78 is 51.7. The van der Waals surface area contributed by atoms with E-state index in [0.29, 0.717) is 18.8 Å². The summed E-state index contributed by atoms with van der Waals surface area (Å²) in [5.41, 5.74) is 0.837. The molecule has 6 aromatic rings. The fourth-order valence-corrected chi connectivity index (χ4v) is 4.55. The van der Waals surface area contributed by atoms with E-state index in [2.05, 4.69) is 109 Å². The number of rotatable bonds is 3. The normalized spacial score (nSPS) is 9.86. The van der Waals surface area contributed by atoms with Crippen LogP contribution in [0.3, 0.4) is 0 Å². The summed E-state index contributed by atoms with van der Waals surface area (Å²) in [5.74, 6) is -1.49. The molecule has 0 bridgehead atoms. The predicted molar refractivity (Wildman–Crippen MR) is 209 cm³/mol. The number of nitrogens with one attached hydrogen (secondary N) is 1. The Labute approximate surface area is 427 Å². The second-order valence-electron chi connectivity index (χ2n) is 8.00. The summed E-state index contributed by atoms with van der Waals surface area (Å²) >= 11 is 37.3. The van der Waals surface area contributed by atoms with Crippen molar-refractivity contribution in [3.63, 3.8) is 0 Å². The summed E-state index contributed by atoms with van der Waals surface area (Å²) in [6.07, 6.45) is -5.54. The Morgan fingerprint density at radius 1 is 0.686 bits per heavy atom. The molecule has 271 valence electrons. The molecular weight excluding hydrogens is 1550 g/mol. The Morgan fingerprint density at radius 3 is 1.57 bits per heavy atom. The predicted octanol–water partition coefficient (Wildman–Crippen LogP) is 8.95. The van der Waals surface area contributed by atoms with E-state index in [4.69, 9.17) is 58.0 Å². The van der Waals surface area contributed by atoms with Crippen LogP contribution < -0.4 is 13.3 Å². The maximum atomic E-state index is 13.2. The Bertz CT molecular complexity index is 1900. The molecule has 10 nitrogen and oxygen atoms in total. The molecule has 3 radical (unpaired) electrons. The number of alkyl halides is 4. The number of aromatic hydroxyl groups is 2. The molecule has 0 unspecified atom stereocenters. The van der Waals surface area contributed by atoms with Gasteiger partial charge in [-0.3, -0.25) is 4.57 Å². The maximum absolute atomic E-state index is 13.2. The number of benzene rings is 2. The van der Waals surface area contributed by atoms with Crippen LogP contribution in [-0.2, 0) is 84.0 Å². The van der Waals surface area contributed by atoms with E-state index in [1.807, 2.05) is 0 Å². The van der Waals surface area contributed by atoms with Crippen molar-refractivity contribution in [2.24, 2.45) is 0 Å². The molecule has 0 aliphatic heterocycles. The van der Waals surface area contributed by atoms with Gasteiger partial charge >= 0.3 is 50.5 Å². The van der Waals surface area contributed by atoms with Crippen LogP contribution in [0.2, 0.25) is 25.9 Å². The van der Waals surface area contributed by atoms with Gasteiger partial charge in [0, 0.05) is 133 Å². The molecule has 6 rings (SSSR count). The fraction of sp³-hybridized carbons (Fsp3) is 0.0833. The van der Waals surface area contributed by atoms with Crippen LogP contribution in [0, 0.1) is 0 Å². The first-order valence-electron chi connectivity index (χ1n) is 11.8. The number of aromatic amines is 1. The molecule has 0 fully saturated rings. The number of H-pyrrole nitrogens is 1. The van der Waals surface area contributed by atoms with Crippen LogP contribution in [0.5, 0.6) is 11.5 Å². The summed E-state index contributed by atoms with van der Waals surface area (Å²) in [6, 6.07) is 11.6. The molecule has 2 aromatic carbocycles. The molecule has 0 amide bonds. The maximum Gasteiger partial charge on any atom is 0.296 e. The van der Waals surface area contributed by atoms with E-state index in [9.17, 15) is 27.8 Å². The first-order chi connectivity index (χ1) is 22.7. The molecule has 0 aliphatic rings. The Balaban J connectivity index is 0. The first-order valence-corrected chi connectivity index (χ1v) is 32.5. The van der Waals surface area contributed by atoms with Crippen LogP contribution in [0.1, 0.15) is 24.5 Å². The largest absolute Gasteiger partial charge is 0.506 e. The van der Waals surface area contributed by atoms with Crippen LogP contribution in [0.25, 0.3) is 28.0 Å². The molecule has 4 heterocycles. The number of halogens is 14. The first kappa shape index (κ1) is 55.8. The number of phenols is 2. The Morgan fingerprint density at radius 2 is 1.14 bits per heavy atom. The van der Waals surface area contributed by atoms with Crippen LogP contribution in [-0.4, -0.2) is 49.7 Å². The van der Waals surface area contributed by atoms with E-state index in [1.54, 1.807) is 12.1 Å². The van der Waals surface area contributed by atoms with Crippen LogP contribution in [0.15, 0.2) is 48.5 Å². The van der Waals surface area contributed by atoms with Crippen molar-refractivity contribution in [3.8, 4) is 17.4 Å². The van der Waals surface area contributed by atoms with E-state index in [1.165, 1.54) is 36.4 Å². The van der Waals surface area contributed by atoms with Crippen molar-refractivity contribution in [2.45, 2.75) is 12.9 Å². The topological polar surface area (TPSA) is 139 Å². The van der Waals surface area contributed by atoms with Crippen LogP contribution >= 0.6 is 132 Å². The van der Waals surface area contributed by atoms with E-state index >= 15 is 0 Å². The number of phenolic OH excluding ortho intramolecular Hbond substituents is 2. The van der Waals surface area contributed by atoms with Gasteiger partial charge in [-0.2, -0.15) is 0 Å². The van der Waals surface area contributed by atoms with Gasteiger partial charge in [0.05, 0.1) is 11.0 Å². The molecule has 0 saturated carbocycles. The van der Waals surface area contributed by atoms with Gasteiger partial charge in [-0.05, 0) is 35.9 Å². The smallest absolute Gasteiger partial charge is 0.296 e. The van der Waals surface area contributed by atoms with Gasteiger partial charge in [0.15, 0.2) is 11.6 Å². The number of para-hydroxylation sites is 2. The monoisotopic (exact) mass is 1560 g/mol. The van der Waals surface area contributed by atoms with Crippen molar-refractivity contribution in [1.29, 1.82) is 0 Å². The third-order valence-electron chi connectivity index (χ3n) is 5.09. The van der Waals surface area contributed by atoms with Gasteiger partial charge in [-0.15, -0.1) is 0 Å². The number of imidazole rings is 2. The molecule has 51 heavy (non-hydrogen) atoms. The third-order valence-corrected chi connectivity index (χ3v) is 6.03. The van der Waals surface area contributed by atoms with Crippen molar-refractivity contribution >= 4 is 155 Å². The molecule has 4 aromatic heterocycles. The quantitative estimate of drug-likeness (QED) is 0.0692. The average molecular weight is 1560 g/mol. The fourth-order valence-electron chi connectivity index (χ4n) is 3.44. The summed E-state index contributed by atoms with van der Waals surface area (Å²) in [4.78, 5) is 24.6. The molecule has 0 spiro atoms. The summed E-state index contributed by atoms with van der Waals surface area (Å²) in [7, 11) is 0. The number of nitrogens with zero attached hydrogens (tertiary/aromatic N) is 7. The minimum atomic E-state index is -2.89. The van der Waals surface area contributed by atoms with E-state index < -0.39 is 24.5 Å². The minimum Gasteiger partial charge on any atom is -0.506 e. The van der Waals surface area contributed by atoms with Crippen molar-refractivity contribution < 1.29 is 125 Å². The van der Waals surface area contributed by atoms with Crippen molar-refractivity contribution in [2.75, 3.05) is 0 Å². The molecule has 0 atom stereocenters. The average Bonchev–Trinajstić information content (AvgIpc) is 3.63. The van der Waals surface area contributed by atoms with E-state index in [-0.39, 0.29) is 144 Å². The number of aromatic nitrogens is 8. The number of hydrogen-bond acceptors (Lipinski definition) is 8. The van der Waals surface area contributed by atoms with Crippen molar-refractivity contribution in [3.05, 3.63) is 86.1 Å². The molecular formula is C24H13Cl5F4I5N8O2VY2-.